The van der Waals surface area contributed by atoms with Crippen LogP contribution in [0.4, 0.5) is 0 Å². The lowest BCUT2D eigenvalue weighted by molar-refractivity contribution is -0.271. The summed E-state index contributed by atoms with van der Waals surface area (Å²) in [4.78, 5) is 22.2. The van der Waals surface area contributed by atoms with Crippen molar-refractivity contribution in [3.8, 4) is 5.75 Å². The molecular formula is C15H14O9. The average molecular weight is 338 g/mol. The number of hydrogen-bond donors (Lipinski definition) is 4. The predicted octanol–water partition coefficient (Wildman–Crippen LogP) is -0.936. The number of rotatable bonds is 3. The van der Waals surface area contributed by atoms with E-state index in [-0.39, 0.29) is 5.75 Å². The number of fused-ring (bicyclic) bond motifs is 1. The monoisotopic (exact) mass is 338 g/mol. The number of carboxylic acids is 1. The molecule has 1 aromatic carbocycles. The summed E-state index contributed by atoms with van der Waals surface area (Å²) in [6.07, 6.45) is -8.43. The second kappa shape index (κ2) is 6.21. The molecule has 1 aliphatic rings. The van der Waals surface area contributed by atoms with Gasteiger partial charge in [-0.25, -0.2) is 9.59 Å². The molecule has 1 aromatic heterocycles. The summed E-state index contributed by atoms with van der Waals surface area (Å²) in [5.41, 5.74) is -0.192. The van der Waals surface area contributed by atoms with Crippen molar-refractivity contribution >= 4 is 16.9 Å². The first-order valence-electron chi connectivity index (χ1n) is 7.00. The SMILES string of the molecule is O=C(O)C1OC(Oc2ccc3oc(=O)ccc3c2)C(O)C(O)C1O. The number of aliphatic hydroxyl groups excluding tert-OH is 3. The lowest BCUT2D eigenvalue weighted by atomic mass is 9.99. The quantitative estimate of drug-likeness (QED) is 0.521. The highest BCUT2D eigenvalue weighted by Gasteiger charge is 2.48. The van der Waals surface area contributed by atoms with Gasteiger partial charge in [0.2, 0.25) is 6.29 Å². The molecule has 1 aliphatic heterocycles. The zero-order valence-corrected chi connectivity index (χ0v) is 12.1. The molecule has 0 radical (unpaired) electrons. The first-order valence-corrected chi connectivity index (χ1v) is 7.00. The van der Waals surface area contributed by atoms with Gasteiger partial charge in [-0.2, -0.15) is 0 Å². The van der Waals surface area contributed by atoms with Crippen molar-refractivity contribution in [2.75, 3.05) is 0 Å². The van der Waals surface area contributed by atoms with Gasteiger partial charge in [0.1, 0.15) is 29.6 Å². The highest BCUT2D eigenvalue weighted by molar-refractivity contribution is 5.77. The third-order valence-electron chi connectivity index (χ3n) is 3.66. The standard InChI is InChI=1S/C15H14O9/c16-9-4-1-6-5-7(2-3-8(6)23-9)22-15-12(19)10(17)11(18)13(24-15)14(20)21/h1-5,10-13,15,17-19H,(H,20,21). The van der Waals surface area contributed by atoms with Crippen LogP contribution in [0, 0.1) is 0 Å². The summed E-state index contributed by atoms with van der Waals surface area (Å²) < 4.78 is 15.4. The van der Waals surface area contributed by atoms with Gasteiger partial charge in [0, 0.05) is 11.5 Å². The Morgan fingerprint density at radius 2 is 1.79 bits per heavy atom. The molecule has 2 heterocycles. The molecule has 24 heavy (non-hydrogen) atoms. The van der Waals surface area contributed by atoms with Crippen LogP contribution in [0.3, 0.4) is 0 Å². The fourth-order valence-electron chi connectivity index (χ4n) is 2.41. The van der Waals surface area contributed by atoms with Gasteiger partial charge in [-0.15, -0.1) is 0 Å². The largest absolute Gasteiger partial charge is 0.479 e. The topological polar surface area (TPSA) is 147 Å². The summed E-state index contributed by atoms with van der Waals surface area (Å²) >= 11 is 0. The fourth-order valence-corrected chi connectivity index (χ4v) is 2.41. The van der Waals surface area contributed by atoms with Gasteiger partial charge < -0.3 is 34.3 Å². The molecule has 9 heteroatoms. The molecule has 128 valence electrons. The molecule has 2 aromatic rings. The van der Waals surface area contributed by atoms with Gasteiger partial charge >= 0.3 is 11.6 Å². The van der Waals surface area contributed by atoms with E-state index < -0.39 is 42.3 Å². The molecule has 4 N–H and O–H groups in total. The zero-order chi connectivity index (χ0) is 17.4. The lowest BCUT2D eigenvalue weighted by Crippen LogP contribution is -2.61. The van der Waals surface area contributed by atoms with Crippen molar-refractivity contribution in [2.45, 2.75) is 30.7 Å². The minimum atomic E-state index is -1.79. The minimum absolute atomic E-state index is 0.188. The first kappa shape index (κ1) is 16.4. The normalized spacial score (nSPS) is 30.2. The number of aliphatic carboxylic acids is 1. The fraction of sp³-hybridized carbons (Fsp3) is 0.333. The van der Waals surface area contributed by atoms with E-state index in [1.807, 2.05) is 0 Å². The summed E-state index contributed by atoms with van der Waals surface area (Å²) in [5.74, 6) is -1.31. The van der Waals surface area contributed by atoms with Crippen molar-refractivity contribution < 1.29 is 39.1 Å². The molecule has 3 rings (SSSR count). The Morgan fingerprint density at radius 3 is 2.50 bits per heavy atom. The molecule has 1 saturated heterocycles. The van der Waals surface area contributed by atoms with Crippen LogP contribution in [0.25, 0.3) is 11.0 Å². The number of ether oxygens (including phenoxy) is 2. The van der Waals surface area contributed by atoms with E-state index in [9.17, 15) is 24.9 Å². The highest BCUT2D eigenvalue weighted by Crippen LogP contribution is 2.26. The Morgan fingerprint density at radius 1 is 1.04 bits per heavy atom. The number of carbonyl (C=O) groups is 1. The maximum Gasteiger partial charge on any atom is 0.336 e. The average Bonchev–Trinajstić information content (AvgIpc) is 2.55. The Balaban J connectivity index is 1.85. The summed E-state index contributed by atoms with van der Waals surface area (Å²) in [6, 6.07) is 7.10. The van der Waals surface area contributed by atoms with E-state index in [1.54, 1.807) is 0 Å². The van der Waals surface area contributed by atoms with E-state index in [0.717, 1.165) is 0 Å². The van der Waals surface area contributed by atoms with Crippen LogP contribution in [-0.4, -0.2) is 57.1 Å². The highest BCUT2D eigenvalue weighted by atomic mass is 16.7. The van der Waals surface area contributed by atoms with Crippen LogP contribution >= 0.6 is 0 Å². The number of benzene rings is 1. The summed E-state index contributed by atoms with van der Waals surface area (Å²) in [7, 11) is 0. The van der Waals surface area contributed by atoms with Gasteiger partial charge in [0.15, 0.2) is 6.10 Å². The third kappa shape index (κ3) is 2.97. The molecule has 5 unspecified atom stereocenters. The molecule has 0 bridgehead atoms. The van der Waals surface area contributed by atoms with E-state index in [2.05, 4.69) is 0 Å². The van der Waals surface area contributed by atoms with Crippen molar-refractivity contribution in [2.24, 2.45) is 0 Å². The van der Waals surface area contributed by atoms with Gasteiger partial charge in [-0.05, 0) is 24.3 Å². The van der Waals surface area contributed by atoms with Crippen LogP contribution in [0.15, 0.2) is 39.5 Å². The first-order chi connectivity index (χ1) is 11.4. The molecule has 5 atom stereocenters. The van der Waals surface area contributed by atoms with Crippen LogP contribution in [0.5, 0.6) is 5.75 Å². The summed E-state index contributed by atoms with van der Waals surface area (Å²) in [5, 5.41) is 38.8. The van der Waals surface area contributed by atoms with Gasteiger partial charge in [0.25, 0.3) is 0 Å². The van der Waals surface area contributed by atoms with Crippen LogP contribution < -0.4 is 10.4 Å². The van der Waals surface area contributed by atoms with Gasteiger partial charge in [-0.1, -0.05) is 0 Å². The second-order valence-corrected chi connectivity index (χ2v) is 5.31. The maximum atomic E-state index is 11.1. The van der Waals surface area contributed by atoms with Crippen LogP contribution in [0.1, 0.15) is 0 Å². The van der Waals surface area contributed by atoms with E-state index in [0.29, 0.717) is 11.0 Å². The van der Waals surface area contributed by atoms with Crippen LogP contribution in [-0.2, 0) is 9.53 Å². The van der Waals surface area contributed by atoms with Crippen molar-refractivity contribution in [3.05, 3.63) is 40.8 Å². The summed E-state index contributed by atoms with van der Waals surface area (Å²) in [6.45, 7) is 0. The number of aliphatic hydroxyl groups is 3. The molecule has 1 fully saturated rings. The van der Waals surface area contributed by atoms with Crippen molar-refractivity contribution in [1.29, 1.82) is 0 Å². The van der Waals surface area contributed by atoms with Gasteiger partial charge in [-0.3, -0.25) is 0 Å². The second-order valence-electron chi connectivity index (χ2n) is 5.31. The Hall–Kier alpha value is -2.46. The minimum Gasteiger partial charge on any atom is -0.479 e. The molecule has 0 saturated carbocycles. The molecule has 9 nitrogen and oxygen atoms in total. The number of hydrogen-bond acceptors (Lipinski definition) is 8. The molecular weight excluding hydrogens is 324 g/mol. The van der Waals surface area contributed by atoms with Crippen molar-refractivity contribution in [1.82, 2.24) is 0 Å². The Kier molecular flexibility index (Phi) is 4.24. The number of carboxylic acid groups (broad SMARTS) is 1. The van der Waals surface area contributed by atoms with E-state index in [4.69, 9.17) is 19.0 Å². The third-order valence-corrected chi connectivity index (χ3v) is 3.66. The van der Waals surface area contributed by atoms with E-state index >= 15 is 0 Å². The smallest absolute Gasteiger partial charge is 0.336 e. The molecule has 0 aliphatic carbocycles. The van der Waals surface area contributed by atoms with Gasteiger partial charge in [0.05, 0.1) is 0 Å². The predicted molar refractivity (Wildman–Crippen MR) is 77.4 cm³/mol. The maximum absolute atomic E-state index is 11.1. The van der Waals surface area contributed by atoms with Crippen LogP contribution in [0.2, 0.25) is 0 Å². The molecule has 0 spiro atoms. The van der Waals surface area contributed by atoms with Crippen molar-refractivity contribution in [3.63, 3.8) is 0 Å². The lowest BCUT2D eigenvalue weighted by Gasteiger charge is -2.38. The zero-order valence-electron chi connectivity index (χ0n) is 12.1. The molecule has 0 amide bonds. The van der Waals surface area contributed by atoms with E-state index in [1.165, 1.54) is 30.3 Å². The Labute approximate surface area is 134 Å². The Bertz CT molecular complexity index is 814.